The number of ether oxygens (including phenoxy) is 1. The van der Waals surface area contributed by atoms with Gasteiger partial charge in [0.05, 0.1) is 10.6 Å². The van der Waals surface area contributed by atoms with Crippen LogP contribution in [0.3, 0.4) is 0 Å². The molecule has 2 heterocycles. The lowest BCUT2D eigenvalue weighted by Gasteiger charge is -2.23. The molecule has 1 saturated heterocycles. The molecule has 4 aromatic rings. The number of hydrogen-bond acceptors (Lipinski definition) is 5. The van der Waals surface area contributed by atoms with Crippen LogP contribution in [0.25, 0.3) is 16.9 Å². The van der Waals surface area contributed by atoms with Crippen LogP contribution in [-0.2, 0) is 16.0 Å². The standard InChI is InChI=1S/C26H20BrFN4O4/c27-19-5-11-21(12-6-19)31-15-23(25(29-31)18-3-7-20(28)8-4-18)26-30(24(33)16-36-26)14-13-17-1-9-22(10-2-17)32(34)35/h1-12,15,26H,13-14,16H2. The topological polar surface area (TPSA) is 90.5 Å². The SMILES string of the molecule is O=C1COC(c2cn(-c3ccc(Br)cc3)nc2-c2ccc(F)cc2)N1CCc1ccc([N+](=O)[O-])cc1. The smallest absolute Gasteiger partial charge is 0.269 e. The molecule has 1 atom stereocenters. The van der Waals surface area contributed by atoms with Crippen LogP contribution in [0.1, 0.15) is 17.4 Å². The lowest BCUT2D eigenvalue weighted by molar-refractivity contribution is -0.384. The molecule has 1 aromatic heterocycles. The van der Waals surface area contributed by atoms with Crippen LogP contribution in [0.5, 0.6) is 0 Å². The first-order chi connectivity index (χ1) is 17.4. The highest BCUT2D eigenvalue weighted by atomic mass is 79.9. The average Bonchev–Trinajstić information content (AvgIpc) is 3.47. The van der Waals surface area contributed by atoms with Gasteiger partial charge in [0.1, 0.15) is 18.1 Å². The van der Waals surface area contributed by atoms with Crippen molar-refractivity contribution in [2.45, 2.75) is 12.6 Å². The molecule has 1 unspecified atom stereocenters. The summed E-state index contributed by atoms with van der Waals surface area (Å²) in [6.45, 7) is 0.283. The Labute approximate surface area is 214 Å². The second-order valence-electron chi connectivity index (χ2n) is 8.28. The van der Waals surface area contributed by atoms with Crippen molar-refractivity contribution in [1.29, 1.82) is 0 Å². The van der Waals surface area contributed by atoms with E-state index in [0.717, 1.165) is 15.7 Å². The zero-order chi connectivity index (χ0) is 25.2. The molecule has 0 bridgehead atoms. The molecule has 5 rings (SSSR count). The van der Waals surface area contributed by atoms with Crippen molar-refractivity contribution in [2.24, 2.45) is 0 Å². The van der Waals surface area contributed by atoms with Crippen molar-refractivity contribution in [3.8, 4) is 16.9 Å². The first-order valence-electron chi connectivity index (χ1n) is 11.1. The summed E-state index contributed by atoms with van der Waals surface area (Å²) in [5, 5.41) is 15.7. The molecule has 1 aliphatic rings. The number of nitro benzene ring substituents is 1. The van der Waals surface area contributed by atoms with Gasteiger partial charge < -0.3 is 9.64 Å². The van der Waals surface area contributed by atoms with Gasteiger partial charge in [-0.1, -0.05) is 28.1 Å². The molecule has 3 aromatic carbocycles. The number of hydrogen-bond donors (Lipinski definition) is 0. The predicted molar refractivity (Wildman–Crippen MR) is 134 cm³/mol. The molecular formula is C26H20BrFN4O4. The van der Waals surface area contributed by atoms with E-state index in [4.69, 9.17) is 9.84 Å². The Bertz CT molecular complexity index is 1410. The summed E-state index contributed by atoms with van der Waals surface area (Å²) in [5.41, 5.74) is 3.65. The van der Waals surface area contributed by atoms with Crippen LogP contribution in [0.2, 0.25) is 0 Å². The molecule has 1 amide bonds. The minimum atomic E-state index is -0.681. The quantitative estimate of drug-likeness (QED) is 0.225. The largest absolute Gasteiger partial charge is 0.344 e. The molecule has 0 saturated carbocycles. The van der Waals surface area contributed by atoms with E-state index in [-0.39, 0.29) is 24.0 Å². The van der Waals surface area contributed by atoms with Crippen LogP contribution in [0.4, 0.5) is 10.1 Å². The van der Waals surface area contributed by atoms with Gasteiger partial charge in [-0.05, 0) is 60.5 Å². The maximum absolute atomic E-state index is 13.6. The summed E-state index contributed by atoms with van der Waals surface area (Å²) in [5.74, 6) is -0.520. The van der Waals surface area contributed by atoms with Crippen molar-refractivity contribution >= 4 is 27.5 Å². The Kier molecular flexibility index (Phi) is 6.62. The normalized spacial score (nSPS) is 15.4. The molecule has 36 heavy (non-hydrogen) atoms. The summed E-state index contributed by atoms with van der Waals surface area (Å²) < 4.78 is 22.2. The fourth-order valence-corrected chi connectivity index (χ4v) is 4.38. The minimum absolute atomic E-state index is 0.0153. The van der Waals surface area contributed by atoms with Gasteiger partial charge in [0, 0.05) is 40.5 Å². The molecule has 182 valence electrons. The molecule has 8 nitrogen and oxygen atoms in total. The number of carbonyl (C=O) groups is 1. The lowest BCUT2D eigenvalue weighted by atomic mass is 10.1. The van der Waals surface area contributed by atoms with Gasteiger partial charge in [0.15, 0.2) is 6.23 Å². The highest BCUT2D eigenvalue weighted by molar-refractivity contribution is 9.10. The molecule has 1 fully saturated rings. The van der Waals surface area contributed by atoms with Crippen LogP contribution >= 0.6 is 15.9 Å². The van der Waals surface area contributed by atoms with Gasteiger partial charge in [0.25, 0.3) is 11.6 Å². The van der Waals surface area contributed by atoms with E-state index in [9.17, 15) is 19.3 Å². The molecule has 0 radical (unpaired) electrons. The van der Waals surface area contributed by atoms with E-state index in [1.54, 1.807) is 33.8 Å². The predicted octanol–water partition coefficient (Wildman–Crippen LogP) is 5.45. The highest BCUT2D eigenvalue weighted by Crippen LogP contribution is 2.35. The van der Waals surface area contributed by atoms with Crippen LogP contribution in [0.15, 0.2) is 83.5 Å². The van der Waals surface area contributed by atoms with Gasteiger partial charge in [-0.2, -0.15) is 5.10 Å². The summed E-state index contributed by atoms with van der Waals surface area (Å²) in [7, 11) is 0. The third-order valence-corrected chi connectivity index (χ3v) is 6.50. The summed E-state index contributed by atoms with van der Waals surface area (Å²) in [6.07, 6.45) is 1.64. The summed E-state index contributed by atoms with van der Waals surface area (Å²) in [4.78, 5) is 24.9. The van der Waals surface area contributed by atoms with Crippen molar-refractivity contribution in [3.05, 3.63) is 111 Å². The Balaban J connectivity index is 1.47. The van der Waals surface area contributed by atoms with E-state index >= 15 is 0 Å². The molecule has 0 spiro atoms. The second kappa shape index (κ2) is 10.00. The van der Waals surface area contributed by atoms with Gasteiger partial charge >= 0.3 is 0 Å². The zero-order valence-electron chi connectivity index (χ0n) is 18.9. The lowest BCUT2D eigenvalue weighted by Crippen LogP contribution is -2.30. The van der Waals surface area contributed by atoms with Gasteiger partial charge in [-0.25, -0.2) is 9.07 Å². The number of halogens is 2. The van der Waals surface area contributed by atoms with Gasteiger partial charge in [-0.15, -0.1) is 0 Å². The number of carbonyl (C=O) groups excluding carboxylic acids is 1. The maximum atomic E-state index is 13.6. The number of nitrogens with zero attached hydrogens (tertiary/aromatic N) is 4. The van der Waals surface area contributed by atoms with E-state index in [2.05, 4.69) is 15.9 Å². The van der Waals surface area contributed by atoms with E-state index < -0.39 is 11.2 Å². The van der Waals surface area contributed by atoms with Crippen molar-refractivity contribution < 1.29 is 18.8 Å². The van der Waals surface area contributed by atoms with Gasteiger partial charge in [0.2, 0.25) is 0 Å². The van der Waals surface area contributed by atoms with E-state index in [1.807, 2.05) is 30.5 Å². The van der Waals surface area contributed by atoms with Crippen LogP contribution < -0.4 is 0 Å². The van der Waals surface area contributed by atoms with Crippen molar-refractivity contribution in [1.82, 2.24) is 14.7 Å². The molecule has 0 aliphatic carbocycles. The number of amides is 1. The Morgan fingerprint density at radius 2 is 1.75 bits per heavy atom. The van der Waals surface area contributed by atoms with Crippen LogP contribution in [-0.4, -0.2) is 38.7 Å². The molecule has 10 heteroatoms. The highest BCUT2D eigenvalue weighted by Gasteiger charge is 2.36. The second-order valence-corrected chi connectivity index (χ2v) is 9.20. The van der Waals surface area contributed by atoms with Crippen molar-refractivity contribution in [3.63, 3.8) is 0 Å². The van der Waals surface area contributed by atoms with Gasteiger partial charge in [-0.3, -0.25) is 14.9 Å². The first kappa shape index (κ1) is 23.8. The number of non-ortho nitro benzene ring substituents is 1. The Morgan fingerprint density at radius 3 is 2.42 bits per heavy atom. The number of benzene rings is 3. The monoisotopic (exact) mass is 550 g/mol. The first-order valence-corrected chi connectivity index (χ1v) is 11.9. The third kappa shape index (κ3) is 4.91. The molecule has 1 aliphatic heterocycles. The number of rotatable bonds is 7. The fourth-order valence-electron chi connectivity index (χ4n) is 4.11. The Morgan fingerprint density at radius 1 is 1.06 bits per heavy atom. The maximum Gasteiger partial charge on any atom is 0.269 e. The molecule has 0 N–H and O–H groups in total. The number of nitro groups is 1. The fraction of sp³-hybridized carbons (Fsp3) is 0.154. The van der Waals surface area contributed by atoms with Crippen molar-refractivity contribution in [2.75, 3.05) is 13.2 Å². The Hall–Kier alpha value is -3.89. The summed E-state index contributed by atoms with van der Waals surface area (Å²) >= 11 is 3.43. The summed E-state index contributed by atoms with van der Waals surface area (Å²) in [6, 6.07) is 19.9. The molecular weight excluding hydrogens is 531 g/mol. The average molecular weight is 551 g/mol. The zero-order valence-corrected chi connectivity index (χ0v) is 20.5. The third-order valence-electron chi connectivity index (χ3n) is 5.97. The van der Waals surface area contributed by atoms with E-state index in [1.165, 1.54) is 24.3 Å². The number of aromatic nitrogens is 2. The van der Waals surface area contributed by atoms with Crippen LogP contribution in [0, 0.1) is 15.9 Å². The minimum Gasteiger partial charge on any atom is -0.344 e. The van der Waals surface area contributed by atoms with E-state index in [0.29, 0.717) is 29.8 Å².